The number of likely N-dealkylation sites (tertiary alicyclic amines) is 1. The molecule has 0 saturated carbocycles. The lowest BCUT2D eigenvalue weighted by molar-refractivity contribution is -0.126. The molecule has 0 aliphatic carbocycles. The monoisotopic (exact) mass is 364 g/mol. The van der Waals surface area contributed by atoms with E-state index in [9.17, 15) is 18.4 Å². The van der Waals surface area contributed by atoms with Crippen LogP contribution in [0.15, 0.2) is 12.1 Å². The van der Waals surface area contributed by atoms with Gasteiger partial charge in [0.15, 0.2) is 0 Å². The second kappa shape index (κ2) is 7.31. The average Bonchev–Trinajstić information content (AvgIpc) is 2.91. The van der Waals surface area contributed by atoms with Gasteiger partial charge in [0.1, 0.15) is 11.6 Å². The van der Waals surface area contributed by atoms with Crippen LogP contribution < -0.4 is 11.1 Å². The lowest BCUT2D eigenvalue weighted by atomic mass is 9.97. The number of H-pyrrole nitrogens is 1. The molecule has 1 aliphatic heterocycles. The molecule has 1 aromatic carbocycles. The highest BCUT2D eigenvalue weighted by Gasteiger charge is 2.27. The third-order valence-corrected chi connectivity index (χ3v) is 4.92. The number of hydrogen-bond acceptors (Lipinski definition) is 2. The summed E-state index contributed by atoms with van der Waals surface area (Å²) < 4.78 is 27.4. The van der Waals surface area contributed by atoms with Crippen LogP contribution in [-0.4, -0.2) is 41.5 Å². The number of urea groups is 1. The Hall–Kier alpha value is -2.64. The smallest absolute Gasteiger partial charge is 0.314 e. The number of nitrogens with two attached hydrogens (primary N) is 1. The molecule has 1 aliphatic rings. The number of carbonyl (C=O) groups is 2. The molecular formula is C18H22F2N4O2. The second-order valence-corrected chi connectivity index (χ2v) is 6.70. The van der Waals surface area contributed by atoms with Crippen molar-refractivity contribution in [2.24, 2.45) is 11.7 Å². The maximum absolute atomic E-state index is 13.9. The minimum Gasteiger partial charge on any atom is -0.356 e. The number of halogens is 2. The number of primary amides is 1. The number of nitrogens with zero attached hydrogens (tertiary/aromatic N) is 1. The summed E-state index contributed by atoms with van der Waals surface area (Å²) in [5, 5.41) is 3.34. The van der Waals surface area contributed by atoms with Gasteiger partial charge in [-0.3, -0.25) is 4.79 Å². The molecule has 1 saturated heterocycles. The Bertz CT molecular complexity index is 849. The minimum atomic E-state index is -0.632. The zero-order valence-electron chi connectivity index (χ0n) is 14.6. The van der Waals surface area contributed by atoms with Crippen molar-refractivity contribution in [3.63, 3.8) is 0 Å². The molecule has 4 N–H and O–H groups in total. The number of hydrogen-bond donors (Lipinski definition) is 3. The van der Waals surface area contributed by atoms with Crippen molar-refractivity contribution < 1.29 is 18.4 Å². The first-order valence-corrected chi connectivity index (χ1v) is 8.65. The Balaban J connectivity index is 1.63. The molecule has 8 heteroatoms. The fourth-order valence-corrected chi connectivity index (χ4v) is 3.57. The third kappa shape index (κ3) is 3.63. The van der Waals surface area contributed by atoms with Crippen LogP contribution in [-0.2, 0) is 11.2 Å². The van der Waals surface area contributed by atoms with Gasteiger partial charge in [0.25, 0.3) is 0 Å². The summed E-state index contributed by atoms with van der Waals surface area (Å²) in [5.41, 5.74) is 7.08. The molecule has 1 aromatic heterocycles. The number of aryl methyl sites for hydroxylation is 1. The third-order valence-electron chi connectivity index (χ3n) is 4.92. The molecule has 140 valence electrons. The predicted octanol–water partition coefficient (Wildman–Crippen LogP) is 2.20. The molecule has 3 rings (SSSR count). The molecule has 3 amide bonds. The Morgan fingerprint density at radius 1 is 1.38 bits per heavy atom. The van der Waals surface area contributed by atoms with E-state index in [1.165, 1.54) is 11.0 Å². The first kappa shape index (κ1) is 18.2. The van der Waals surface area contributed by atoms with E-state index in [0.29, 0.717) is 37.9 Å². The summed E-state index contributed by atoms with van der Waals surface area (Å²) in [4.78, 5) is 28.0. The van der Waals surface area contributed by atoms with Crippen LogP contribution in [0, 0.1) is 24.5 Å². The normalized spacial score (nSPS) is 17.5. The largest absolute Gasteiger partial charge is 0.356 e. The van der Waals surface area contributed by atoms with Gasteiger partial charge in [-0.25, -0.2) is 13.6 Å². The molecule has 0 spiro atoms. The van der Waals surface area contributed by atoms with E-state index < -0.39 is 17.7 Å². The summed E-state index contributed by atoms with van der Waals surface area (Å²) in [5.74, 6) is -1.68. The van der Waals surface area contributed by atoms with Gasteiger partial charge in [-0.1, -0.05) is 0 Å². The van der Waals surface area contributed by atoms with Crippen molar-refractivity contribution in [2.45, 2.75) is 26.2 Å². The highest BCUT2D eigenvalue weighted by molar-refractivity contribution is 5.85. The molecule has 6 nitrogen and oxygen atoms in total. The van der Waals surface area contributed by atoms with E-state index in [-0.39, 0.29) is 17.3 Å². The van der Waals surface area contributed by atoms with Crippen molar-refractivity contribution in [3.8, 4) is 0 Å². The van der Waals surface area contributed by atoms with Crippen LogP contribution in [0.3, 0.4) is 0 Å². The standard InChI is InChI=1S/C18H22F2N4O2/c1-10-13(14-7-12(19)8-15(20)16(14)23-10)4-5-22-17(25)11-3-2-6-24(9-11)18(21)26/h7-8,11,23H,2-6,9H2,1H3,(H2,21,26)(H,22,25)/t11-/m1/s1. The SMILES string of the molecule is Cc1[nH]c2c(F)cc(F)cc2c1CCNC(=O)[C@@H]1CCCN(C(N)=O)C1. The number of amides is 3. The van der Waals surface area contributed by atoms with Crippen LogP contribution in [0.1, 0.15) is 24.1 Å². The Labute approximate surface area is 149 Å². The number of aromatic amines is 1. The Kier molecular flexibility index (Phi) is 5.11. The Morgan fingerprint density at radius 3 is 2.88 bits per heavy atom. The van der Waals surface area contributed by atoms with Gasteiger partial charge in [0.05, 0.1) is 11.4 Å². The summed E-state index contributed by atoms with van der Waals surface area (Å²) in [6.07, 6.45) is 1.89. The number of nitrogens with one attached hydrogen (secondary N) is 2. The van der Waals surface area contributed by atoms with Gasteiger partial charge in [-0.05, 0) is 37.8 Å². The minimum absolute atomic E-state index is 0.134. The molecular weight excluding hydrogens is 342 g/mol. The maximum atomic E-state index is 13.9. The van der Waals surface area contributed by atoms with Gasteiger partial charge in [-0.2, -0.15) is 0 Å². The topological polar surface area (TPSA) is 91.2 Å². The van der Waals surface area contributed by atoms with Crippen LogP contribution in [0.5, 0.6) is 0 Å². The first-order valence-electron chi connectivity index (χ1n) is 8.65. The zero-order chi connectivity index (χ0) is 18.8. The van der Waals surface area contributed by atoms with Gasteiger partial charge in [0, 0.05) is 36.8 Å². The summed E-state index contributed by atoms with van der Waals surface area (Å²) in [6.45, 7) is 3.03. The van der Waals surface area contributed by atoms with E-state index in [4.69, 9.17) is 5.73 Å². The van der Waals surface area contributed by atoms with E-state index in [1.54, 1.807) is 6.92 Å². The highest BCUT2D eigenvalue weighted by Crippen LogP contribution is 2.26. The first-order chi connectivity index (χ1) is 12.4. The van der Waals surface area contributed by atoms with Crippen molar-refractivity contribution in [3.05, 3.63) is 35.0 Å². The lowest BCUT2D eigenvalue weighted by Gasteiger charge is -2.30. The maximum Gasteiger partial charge on any atom is 0.314 e. The Morgan fingerprint density at radius 2 is 2.15 bits per heavy atom. The van der Waals surface area contributed by atoms with Crippen LogP contribution in [0.4, 0.5) is 13.6 Å². The number of benzene rings is 1. The van der Waals surface area contributed by atoms with Crippen LogP contribution in [0.2, 0.25) is 0 Å². The van der Waals surface area contributed by atoms with Crippen LogP contribution in [0.25, 0.3) is 10.9 Å². The molecule has 0 radical (unpaired) electrons. The molecule has 2 heterocycles. The van der Waals surface area contributed by atoms with E-state index in [0.717, 1.165) is 23.7 Å². The number of piperidine rings is 1. The molecule has 26 heavy (non-hydrogen) atoms. The van der Waals surface area contributed by atoms with Gasteiger partial charge in [0.2, 0.25) is 5.91 Å². The summed E-state index contributed by atoms with van der Waals surface area (Å²) >= 11 is 0. The van der Waals surface area contributed by atoms with Gasteiger partial charge >= 0.3 is 6.03 Å². The van der Waals surface area contributed by atoms with Gasteiger partial charge in [-0.15, -0.1) is 0 Å². The number of fused-ring (bicyclic) bond motifs is 1. The fourth-order valence-electron chi connectivity index (χ4n) is 3.57. The van der Waals surface area contributed by atoms with Crippen molar-refractivity contribution >= 4 is 22.8 Å². The molecule has 1 fully saturated rings. The molecule has 0 bridgehead atoms. The van der Waals surface area contributed by atoms with Crippen molar-refractivity contribution in [1.29, 1.82) is 0 Å². The van der Waals surface area contributed by atoms with Crippen molar-refractivity contribution in [2.75, 3.05) is 19.6 Å². The van der Waals surface area contributed by atoms with Crippen molar-refractivity contribution in [1.82, 2.24) is 15.2 Å². The summed E-state index contributed by atoms with van der Waals surface area (Å²) in [6, 6.07) is 1.63. The predicted molar refractivity (Wildman–Crippen MR) is 93.5 cm³/mol. The number of aromatic nitrogens is 1. The molecule has 1 atom stereocenters. The molecule has 2 aromatic rings. The number of rotatable bonds is 4. The lowest BCUT2D eigenvalue weighted by Crippen LogP contribution is -2.47. The van der Waals surface area contributed by atoms with Gasteiger partial charge < -0.3 is 20.9 Å². The summed E-state index contributed by atoms with van der Waals surface area (Å²) in [7, 11) is 0. The number of carbonyl (C=O) groups excluding carboxylic acids is 2. The van der Waals surface area contributed by atoms with E-state index in [2.05, 4.69) is 10.3 Å². The van der Waals surface area contributed by atoms with Crippen LogP contribution >= 0.6 is 0 Å². The van der Waals surface area contributed by atoms with E-state index >= 15 is 0 Å². The quantitative estimate of drug-likeness (QED) is 0.776. The second-order valence-electron chi connectivity index (χ2n) is 6.70. The molecule has 0 unspecified atom stereocenters. The highest BCUT2D eigenvalue weighted by atomic mass is 19.1. The fraction of sp³-hybridized carbons (Fsp3) is 0.444. The zero-order valence-corrected chi connectivity index (χ0v) is 14.6. The van der Waals surface area contributed by atoms with E-state index in [1.807, 2.05) is 0 Å². The average molecular weight is 364 g/mol.